The van der Waals surface area contributed by atoms with Gasteiger partial charge in [0.05, 0.1) is 50.8 Å². The van der Waals surface area contributed by atoms with E-state index < -0.39 is 46.4 Å². The number of alkyl halides is 6. The van der Waals surface area contributed by atoms with E-state index in [-0.39, 0.29) is 71.7 Å². The number of hydrogen-bond acceptors (Lipinski definition) is 7. The van der Waals surface area contributed by atoms with E-state index in [1.807, 2.05) is 0 Å². The van der Waals surface area contributed by atoms with Gasteiger partial charge in [-0.3, -0.25) is 0 Å². The molecular formula is C27H28F6O5S2. The lowest BCUT2D eigenvalue weighted by Crippen LogP contribution is -2.48. The van der Waals surface area contributed by atoms with Gasteiger partial charge in [0.15, 0.2) is 0 Å². The Morgan fingerprint density at radius 2 is 1.30 bits per heavy atom. The van der Waals surface area contributed by atoms with Gasteiger partial charge in [0, 0.05) is 25.1 Å². The van der Waals surface area contributed by atoms with Crippen LogP contribution in [0, 0.1) is 20.8 Å². The molecule has 1 aliphatic heterocycles. The van der Waals surface area contributed by atoms with Gasteiger partial charge in [0.1, 0.15) is 6.61 Å². The molecule has 0 fully saturated rings. The average molecular weight is 611 g/mol. The number of allylic oxidation sites excluding steroid dienone is 2. The second kappa shape index (κ2) is 11.2. The molecule has 220 valence electrons. The summed E-state index contributed by atoms with van der Waals surface area (Å²) in [4.78, 5) is 11.9. The molecule has 0 amide bonds. The molecule has 0 saturated heterocycles. The molecule has 0 aromatic carbocycles. The first-order valence-electron chi connectivity index (χ1n) is 12.3. The Balaban J connectivity index is 1.99. The fourth-order valence-corrected chi connectivity index (χ4v) is 7.13. The molecule has 0 spiro atoms. The second-order valence-electron chi connectivity index (χ2n) is 9.60. The zero-order chi connectivity index (χ0) is 29.6. The van der Waals surface area contributed by atoms with Crippen LogP contribution in [0.5, 0.6) is 0 Å². The lowest BCUT2D eigenvalue weighted by atomic mass is 9.98. The van der Waals surface area contributed by atoms with Gasteiger partial charge in [0.25, 0.3) is 0 Å². The molecule has 0 saturated carbocycles. The van der Waals surface area contributed by atoms with E-state index in [1.54, 1.807) is 6.92 Å². The smallest absolute Gasteiger partial charge is 0.380 e. The van der Waals surface area contributed by atoms with Crippen LogP contribution in [-0.2, 0) is 43.6 Å². The maximum absolute atomic E-state index is 15.6. The predicted molar refractivity (Wildman–Crippen MR) is 139 cm³/mol. The third-order valence-electron chi connectivity index (χ3n) is 6.87. The molecule has 0 radical (unpaired) electrons. The topological polar surface area (TPSA) is 54.0 Å². The minimum atomic E-state index is -5.69. The Morgan fingerprint density at radius 3 is 1.85 bits per heavy atom. The first kappa shape index (κ1) is 30.8. The maximum atomic E-state index is 15.6. The van der Waals surface area contributed by atoms with Gasteiger partial charge in [-0.25, -0.2) is 4.79 Å². The van der Waals surface area contributed by atoms with Gasteiger partial charge in [0.2, 0.25) is 0 Å². The fraction of sp³-hybridized carbons (Fsp3) is 0.519. The molecule has 0 atom stereocenters. The van der Waals surface area contributed by atoms with Gasteiger partial charge in [-0.15, -0.1) is 22.7 Å². The molecule has 0 N–H and O–H groups in total. The highest BCUT2D eigenvalue weighted by molar-refractivity contribution is 7.14. The third-order valence-corrected chi connectivity index (χ3v) is 9.46. The van der Waals surface area contributed by atoms with E-state index in [9.17, 15) is 13.6 Å². The predicted octanol–water partition coefficient (Wildman–Crippen LogP) is 7.25. The zero-order valence-corrected chi connectivity index (χ0v) is 23.9. The Kier molecular flexibility index (Phi) is 8.64. The zero-order valence-electron chi connectivity index (χ0n) is 22.3. The first-order valence-corrected chi connectivity index (χ1v) is 13.9. The number of halogens is 6. The standard InChI is InChI=1S/C27H28F6O5S2/c1-13(2)24(34)38-12-19-18-11-37-9-7-35-6-8-36-10-17-14(3)22(39-16(17)5)20-21(23(40-19)15(18)4)26(30,31)27(32,33)25(20,28)29/h1,6-12H2,2-5H3. The molecule has 4 bridgehead atoms. The average Bonchev–Trinajstić information content (AvgIpc) is 3.36. The van der Waals surface area contributed by atoms with Crippen molar-refractivity contribution in [1.29, 1.82) is 0 Å². The van der Waals surface area contributed by atoms with Crippen molar-refractivity contribution >= 4 is 39.8 Å². The Labute approximate surface area is 235 Å². The number of thiophene rings is 2. The molecule has 1 aliphatic carbocycles. The molecular weight excluding hydrogens is 582 g/mol. The van der Waals surface area contributed by atoms with Crippen LogP contribution in [0.2, 0.25) is 0 Å². The summed E-state index contributed by atoms with van der Waals surface area (Å²) in [5.41, 5.74) is -1.79. The minimum absolute atomic E-state index is 0.0323. The summed E-state index contributed by atoms with van der Waals surface area (Å²) >= 11 is 1.34. The summed E-state index contributed by atoms with van der Waals surface area (Å²) in [5.74, 6) is -16.8. The van der Waals surface area contributed by atoms with E-state index in [0.29, 0.717) is 21.8 Å². The molecule has 5 nitrogen and oxygen atoms in total. The van der Waals surface area contributed by atoms with Crippen LogP contribution >= 0.6 is 22.7 Å². The van der Waals surface area contributed by atoms with Crippen molar-refractivity contribution in [2.24, 2.45) is 0 Å². The highest BCUT2D eigenvalue weighted by atomic mass is 32.1. The number of carbonyl (C=O) groups excluding carboxylic acids is 1. The number of ether oxygens (including phenoxy) is 4. The highest BCUT2D eigenvalue weighted by Gasteiger charge is 2.80. The summed E-state index contributed by atoms with van der Waals surface area (Å²) in [6.07, 6.45) is 0. The van der Waals surface area contributed by atoms with Crippen molar-refractivity contribution in [2.45, 2.75) is 65.3 Å². The van der Waals surface area contributed by atoms with E-state index in [4.69, 9.17) is 18.9 Å². The van der Waals surface area contributed by atoms with Gasteiger partial charge >= 0.3 is 23.7 Å². The molecule has 2 aromatic heterocycles. The van der Waals surface area contributed by atoms with Crippen LogP contribution in [0.4, 0.5) is 26.3 Å². The quantitative estimate of drug-likeness (QED) is 0.208. The molecule has 0 unspecified atom stereocenters. The van der Waals surface area contributed by atoms with Crippen molar-refractivity contribution in [2.75, 3.05) is 26.4 Å². The van der Waals surface area contributed by atoms with Crippen LogP contribution in [-0.4, -0.2) is 50.2 Å². The van der Waals surface area contributed by atoms with E-state index in [0.717, 1.165) is 11.3 Å². The monoisotopic (exact) mass is 610 g/mol. The molecule has 4 rings (SSSR count). The number of hydrogen-bond donors (Lipinski definition) is 0. The normalized spacial score (nSPS) is 20.6. The van der Waals surface area contributed by atoms with E-state index in [2.05, 4.69) is 6.58 Å². The van der Waals surface area contributed by atoms with Crippen molar-refractivity contribution in [1.82, 2.24) is 0 Å². The molecule has 13 heteroatoms. The van der Waals surface area contributed by atoms with Crippen molar-refractivity contribution in [3.63, 3.8) is 0 Å². The number of fused-ring (bicyclic) bond motifs is 6. The largest absolute Gasteiger partial charge is 0.457 e. The van der Waals surface area contributed by atoms with Gasteiger partial charge < -0.3 is 18.9 Å². The van der Waals surface area contributed by atoms with Crippen molar-refractivity contribution in [3.05, 3.63) is 53.9 Å². The second-order valence-corrected chi connectivity index (χ2v) is 11.9. The molecule has 2 aliphatic rings. The summed E-state index contributed by atoms with van der Waals surface area (Å²) in [6, 6.07) is 0. The van der Waals surface area contributed by atoms with Crippen LogP contribution in [0.3, 0.4) is 0 Å². The summed E-state index contributed by atoms with van der Waals surface area (Å²) < 4.78 is 114. The van der Waals surface area contributed by atoms with Gasteiger partial charge in [-0.1, -0.05) is 6.58 Å². The Morgan fingerprint density at radius 1 is 0.825 bits per heavy atom. The lowest BCUT2D eigenvalue weighted by Gasteiger charge is -2.25. The van der Waals surface area contributed by atoms with Gasteiger partial charge in [-0.05, 0) is 49.9 Å². The van der Waals surface area contributed by atoms with E-state index >= 15 is 17.6 Å². The van der Waals surface area contributed by atoms with Crippen LogP contribution in [0.25, 0.3) is 11.1 Å². The SMILES string of the molecule is C=C(C)C(=O)OCc1sc2c(C)c1COCCOCCOCc1c(C)sc(c1C)C1=C2C(F)(F)C(F)(F)C1(F)F. The highest BCUT2D eigenvalue weighted by Crippen LogP contribution is 2.66. The number of esters is 1. The first-order chi connectivity index (χ1) is 18.6. The maximum Gasteiger partial charge on any atom is 0.380 e. The Bertz CT molecular complexity index is 1360. The fourth-order valence-electron chi connectivity index (χ4n) is 4.57. The minimum Gasteiger partial charge on any atom is -0.457 e. The molecule has 3 heterocycles. The van der Waals surface area contributed by atoms with Crippen molar-refractivity contribution in [3.8, 4) is 0 Å². The summed E-state index contributed by atoms with van der Waals surface area (Å²) in [6.45, 7) is 9.35. The van der Waals surface area contributed by atoms with Crippen molar-refractivity contribution < 1.29 is 50.1 Å². The molecule has 2 aromatic rings. The number of carbonyl (C=O) groups is 1. The Hall–Kier alpha value is -2.19. The lowest BCUT2D eigenvalue weighted by molar-refractivity contribution is -0.254. The van der Waals surface area contributed by atoms with Gasteiger partial charge in [-0.2, -0.15) is 26.3 Å². The van der Waals surface area contributed by atoms with Crippen LogP contribution < -0.4 is 0 Å². The number of rotatable bonds is 3. The third kappa shape index (κ3) is 5.04. The van der Waals surface area contributed by atoms with Crippen LogP contribution in [0.1, 0.15) is 48.7 Å². The summed E-state index contributed by atoms with van der Waals surface area (Å²) in [5, 5.41) is 0. The number of aryl methyl sites for hydroxylation is 1. The van der Waals surface area contributed by atoms with Crippen LogP contribution in [0.15, 0.2) is 12.2 Å². The molecule has 40 heavy (non-hydrogen) atoms. The van der Waals surface area contributed by atoms with E-state index in [1.165, 1.54) is 20.8 Å². The summed E-state index contributed by atoms with van der Waals surface area (Å²) in [7, 11) is 0.